The van der Waals surface area contributed by atoms with Crippen molar-refractivity contribution in [2.45, 2.75) is 45.4 Å². The molecule has 0 aromatic heterocycles. The van der Waals surface area contributed by atoms with E-state index < -0.39 is 0 Å². The Morgan fingerprint density at radius 1 is 0.581 bits per heavy atom. The van der Waals surface area contributed by atoms with E-state index in [2.05, 4.69) is 114 Å². The first kappa shape index (κ1) is 18.6. The van der Waals surface area contributed by atoms with Crippen molar-refractivity contribution in [3.63, 3.8) is 0 Å². The van der Waals surface area contributed by atoms with Gasteiger partial charge >= 0.3 is 0 Å². The first-order valence-corrected chi connectivity index (χ1v) is 11.3. The summed E-state index contributed by atoms with van der Waals surface area (Å²) in [5.41, 5.74) is 12.8. The molecule has 2 aliphatic carbocycles. The van der Waals surface area contributed by atoms with Gasteiger partial charge in [0.2, 0.25) is 0 Å². The van der Waals surface area contributed by atoms with Crippen LogP contribution in [0.3, 0.4) is 0 Å². The van der Waals surface area contributed by atoms with Crippen LogP contribution in [0.25, 0.3) is 34.1 Å². The monoisotopic (exact) mass is 400 g/mol. The Labute approximate surface area is 185 Å². The summed E-state index contributed by atoms with van der Waals surface area (Å²) >= 11 is 0. The zero-order chi connectivity index (χ0) is 21.5. The second-order valence-electron chi connectivity index (χ2n) is 10.3. The molecule has 4 aromatic carbocycles. The lowest BCUT2D eigenvalue weighted by atomic mass is 9.68. The van der Waals surface area contributed by atoms with E-state index in [1.54, 1.807) is 0 Å². The molecule has 0 heteroatoms. The number of hydrogen-bond acceptors (Lipinski definition) is 0. The van der Waals surface area contributed by atoms with Crippen LogP contribution in [0.4, 0.5) is 0 Å². The SMILES string of the molecule is Cc1cc2c3c4c(cccc14)C(C)(C)c1cc(C=Cc4ccccc4)cc(c1-3)C2(C)C. The zero-order valence-electron chi connectivity index (χ0n) is 19.0. The molecule has 0 saturated carbocycles. The van der Waals surface area contributed by atoms with Gasteiger partial charge in [0, 0.05) is 10.8 Å². The molecule has 0 fully saturated rings. The summed E-state index contributed by atoms with van der Waals surface area (Å²) in [7, 11) is 0. The second kappa shape index (κ2) is 5.98. The zero-order valence-corrected chi connectivity index (χ0v) is 19.0. The van der Waals surface area contributed by atoms with Crippen LogP contribution in [0, 0.1) is 6.92 Å². The van der Waals surface area contributed by atoms with Crippen molar-refractivity contribution in [3.8, 4) is 11.1 Å². The van der Waals surface area contributed by atoms with Crippen LogP contribution in [0.2, 0.25) is 0 Å². The molecular weight excluding hydrogens is 372 g/mol. The van der Waals surface area contributed by atoms with Gasteiger partial charge in [-0.2, -0.15) is 0 Å². The van der Waals surface area contributed by atoms with Gasteiger partial charge in [0.05, 0.1) is 0 Å². The van der Waals surface area contributed by atoms with Crippen molar-refractivity contribution >= 4 is 22.9 Å². The average Bonchev–Trinajstić information content (AvgIpc) is 2.98. The summed E-state index contributed by atoms with van der Waals surface area (Å²) in [5, 5.41) is 2.89. The average molecular weight is 401 g/mol. The molecule has 0 spiro atoms. The van der Waals surface area contributed by atoms with Crippen LogP contribution in [0.15, 0.2) is 66.7 Å². The molecule has 0 atom stereocenters. The Hall–Kier alpha value is -3.12. The largest absolute Gasteiger partial charge is 0.0622 e. The lowest BCUT2D eigenvalue weighted by Gasteiger charge is -2.35. The standard InChI is InChI=1S/C31H28/c1-19-16-24-29-27-22(19)12-9-13-23(27)30(2,3)25-17-21(15-14-20-10-7-6-8-11-20)18-26(28(25)29)31(24,4)5/h6-18H,1-5H3. The fourth-order valence-electron chi connectivity index (χ4n) is 5.99. The quantitative estimate of drug-likeness (QED) is 0.297. The van der Waals surface area contributed by atoms with Crippen molar-refractivity contribution in [1.29, 1.82) is 0 Å². The summed E-state index contributed by atoms with van der Waals surface area (Å²) < 4.78 is 0. The Bertz CT molecular complexity index is 1410. The van der Waals surface area contributed by atoms with E-state index in [4.69, 9.17) is 0 Å². The topological polar surface area (TPSA) is 0 Å². The molecule has 152 valence electrons. The highest BCUT2D eigenvalue weighted by Crippen LogP contribution is 2.60. The van der Waals surface area contributed by atoms with E-state index in [1.165, 1.54) is 60.8 Å². The van der Waals surface area contributed by atoms with Crippen LogP contribution in [0.1, 0.15) is 66.6 Å². The molecule has 0 radical (unpaired) electrons. The summed E-state index contributed by atoms with van der Waals surface area (Å²) in [6.45, 7) is 11.9. The van der Waals surface area contributed by atoms with E-state index in [9.17, 15) is 0 Å². The van der Waals surface area contributed by atoms with E-state index in [0.717, 1.165) is 0 Å². The molecule has 0 amide bonds. The third-order valence-electron chi connectivity index (χ3n) is 7.74. The van der Waals surface area contributed by atoms with Gasteiger partial charge in [0.15, 0.2) is 0 Å². The smallest absolute Gasteiger partial charge is 0.0159 e. The molecule has 0 nitrogen and oxygen atoms in total. The highest BCUT2D eigenvalue weighted by Gasteiger charge is 2.45. The van der Waals surface area contributed by atoms with Crippen molar-refractivity contribution in [2.24, 2.45) is 0 Å². The number of hydrogen-bond donors (Lipinski definition) is 0. The molecule has 0 N–H and O–H groups in total. The van der Waals surface area contributed by atoms with Gasteiger partial charge in [0.1, 0.15) is 0 Å². The van der Waals surface area contributed by atoms with E-state index in [1.807, 2.05) is 0 Å². The maximum atomic E-state index is 2.45. The first-order chi connectivity index (χ1) is 14.8. The molecule has 0 aliphatic heterocycles. The van der Waals surface area contributed by atoms with Crippen LogP contribution in [-0.2, 0) is 10.8 Å². The summed E-state index contributed by atoms with van der Waals surface area (Å²) in [4.78, 5) is 0. The normalized spacial score (nSPS) is 16.9. The number of aryl methyl sites for hydroxylation is 1. The molecule has 0 unspecified atom stereocenters. The van der Waals surface area contributed by atoms with Crippen LogP contribution in [-0.4, -0.2) is 0 Å². The van der Waals surface area contributed by atoms with Gasteiger partial charge in [0.25, 0.3) is 0 Å². The van der Waals surface area contributed by atoms with Crippen molar-refractivity contribution < 1.29 is 0 Å². The summed E-state index contributed by atoms with van der Waals surface area (Å²) in [5.74, 6) is 0. The van der Waals surface area contributed by atoms with Crippen LogP contribution < -0.4 is 0 Å². The Morgan fingerprint density at radius 2 is 1.19 bits per heavy atom. The molecule has 0 bridgehead atoms. The van der Waals surface area contributed by atoms with Gasteiger partial charge in [-0.05, 0) is 67.8 Å². The van der Waals surface area contributed by atoms with Crippen molar-refractivity contribution in [2.75, 3.05) is 0 Å². The fourth-order valence-corrected chi connectivity index (χ4v) is 5.99. The van der Waals surface area contributed by atoms with Crippen molar-refractivity contribution in [1.82, 2.24) is 0 Å². The van der Waals surface area contributed by atoms with E-state index in [-0.39, 0.29) is 10.8 Å². The summed E-state index contributed by atoms with van der Waals surface area (Å²) in [6, 6.07) is 24.8. The number of benzene rings is 4. The lowest BCUT2D eigenvalue weighted by Crippen LogP contribution is -2.24. The Balaban J connectivity index is 1.69. The predicted molar refractivity (Wildman–Crippen MR) is 134 cm³/mol. The summed E-state index contributed by atoms with van der Waals surface area (Å²) in [6.07, 6.45) is 4.51. The number of rotatable bonds is 2. The maximum Gasteiger partial charge on any atom is 0.0159 e. The van der Waals surface area contributed by atoms with Gasteiger partial charge in [-0.3, -0.25) is 0 Å². The van der Waals surface area contributed by atoms with Gasteiger partial charge in [-0.1, -0.05) is 107 Å². The molecule has 4 aromatic rings. The van der Waals surface area contributed by atoms with Gasteiger partial charge in [-0.25, -0.2) is 0 Å². The van der Waals surface area contributed by atoms with Crippen molar-refractivity contribution in [3.05, 3.63) is 106 Å². The minimum Gasteiger partial charge on any atom is -0.0622 e. The van der Waals surface area contributed by atoms with Gasteiger partial charge < -0.3 is 0 Å². The molecular formula is C31H28. The predicted octanol–water partition coefficient (Wildman–Crippen LogP) is 8.26. The highest BCUT2D eigenvalue weighted by molar-refractivity contribution is 6.09. The molecule has 0 heterocycles. The molecule has 31 heavy (non-hydrogen) atoms. The second-order valence-corrected chi connectivity index (χ2v) is 10.3. The molecule has 0 saturated heterocycles. The first-order valence-electron chi connectivity index (χ1n) is 11.3. The lowest BCUT2D eigenvalue weighted by molar-refractivity contribution is 0.639. The van der Waals surface area contributed by atoms with Crippen LogP contribution >= 0.6 is 0 Å². The Morgan fingerprint density at radius 3 is 1.90 bits per heavy atom. The third kappa shape index (κ3) is 2.36. The maximum absolute atomic E-state index is 2.45. The Kier molecular flexibility index (Phi) is 3.59. The van der Waals surface area contributed by atoms with Gasteiger partial charge in [-0.15, -0.1) is 0 Å². The van der Waals surface area contributed by atoms with E-state index in [0.29, 0.717) is 0 Å². The van der Waals surface area contributed by atoms with Crippen LogP contribution in [0.5, 0.6) is 0 Å². The minimum absolute atomic E-state index is 0.00248. The molecule has 2 aliphatic rings. The third-order valence-corrected chi connectivity index (χ3v) is 7.74. The molecule has 6 rings (SSSR count). The van der Waals surface area contributed by atoms with E-state index >= 15 is 0 Å². The fraction of sp³-hybridized carbons (Fsp3) is 0.226. The minimum atomic E-state index is -0.0291. The highest BCUT2D eigenvalue weighted by atomic mass is 14.5.